The molecule has 0 radical (unpaired) electrons. The normalized spacial score (nSPS) is 17.5. The summed E-state index contributed by atoms with van der Waals surface area (Å²) in [6.45, 7) is 1.94. The second-order valence-electron chi connectivity index (χ2n) is 3.75. The number of nitrogens with zero attached hydrogens (tertiary/aromatic N) is 1. The van der Waals surface area contributed by atoms with Crippen LogP contribution in [0.15, 0.2) is 0 Å². The second kappa shape index (κ2) is 3.71. The Kier molecular flexibility index (Phi) is 2.56. The molecular formula is C10H14N2OS. The van der Waals surface area contributed by atoms with Gasteiger partial charge in [0.1, 0.15) is 0 Å². The maximum absolute atomic E-state index is 10.8. The summed E-state index contributed by atoms with van der Waals surface area (Å²) in [5.41, 5.74) is 8.26. The summed E-state index contributed by atoms with van der Waals surface area (Å²) in [7, 11) is 2.08. The smallest absolute Gasteiger partial charge is 0.160 e. The Morgan fingerprint density at radius 1 is 1.50 bits per heavy atom. The van der Waals surface area contributed by atoms with Gasteiger partial charge >= 0.3 is 0 Å². The van der Waals surface area contributed by atoms with Crippen molar-refractivity contribution in [3.05, 3.63) is 16.0 Å². The highest BCUT2D eigenvalue weighted by Crippen LogP contribution is 2.33. The lowest BCUT2D eigenvalue weighted by Crippen LogP contribution is -2.17. The highest BCUT2D eigenvalue weighted by Gasteiger charge is 2.19. The number of nitrogen functional groups attached to an aromatic ring is 1. The summed E-state index contributed by atoms with van der Waals surface area (Å²) in [4.78, 5) is 13.9. The van der Waals surface area contributed by atoms with Crippen LogP contribution in [0.2, 0.25) is 0 Å². The van der Waals surface area contributed by atoms with Crippen molar-refractivity contribution in [3.8, 4) is 0 Å². The lowest BCUT2D eigenvalue weighted by atomic mass is 10.1. The van der Waals surface area contributed by atoms with Gasteiger partial charge in [0, 0.05) is 6.54 Å². The minimum Gasteiger partial charge on any atom is -0.390 e. The largest absolute Gasteiger partial charge is 0.390 e. The molecule has 4 heteroatoms. The Bertz CT molecular complexity index is 359. The van der Waals surface area contributed by atoms with E-state index >= 15 is 0 Å². The number of hydrogen-bond donors (Lipinski definition) is 1. The van der Waals surface area contributed by atoms with E-state index in [2.05, 4.69) is 11.9 Å². The molecule has 0 spiro atoms. The molecule has 0 unspecified atom stereocenters. The molecule has 0 bridgehead atoms. The van der Waals surface area contributed by atoms with Crippen molar-refractivity contribution >= 4 is 22.6 Å². The molecule has 1 aromatic heterocycles. The molecule has 76 valence electrons. The van der Waals surface area contributed by atoms with Crippen LogP contribution in [0.5, 0.6) is 0 Å². The van der Waals surface area contributed by atoms with Gasteiger partial charge in [-0.2, -0.15) is 0 Å². The fraction of sp³-hybridized carbons (Fsp3) is 0.500. The van der Waals surface area contributed by atoms with E-state index in [0.29, 0.717) is 0 Å². The number of hydrogen-bond acceptors (Lipinski definition) is 4. The van der Waals surface area contributed by atoms with Crippen LogP contribution < -0.4 is 5.73 Å². The molecule has 0 saturated heterocycles. The molecule has 0 aromatic carbocycles. The van der Waals surface area contributed by atoms with E-state index in [1.165, 1.54) is 16.9 Å². The molecule has 2 N–H and O–H groups in total. The Labute approximate surface area is 87.5 Å². The molecule has 1 aliphatic rings. The van der Waals surface area contributed by atoms with Gasteiger partial charge in [0.05, 0.1) is 9.88 Å². The first kappa shape index (κ1) is 9.68. The SMILES string of the molecule is CN1CCCc2c(N)sc(C=O)c2C1. The Morgan fingerprint density at radius 2 is 2.29 bits per heavy atom. The third-order valence-corrected chi connectivity index (χ3v) is 3.71. The number of carbonyl (C=O) groups is 1. The molecule has 3 nitrogen and oxygen atoms in total. The third kappa shape index (κ3) is 1.55. The molecule has 14 heavy (non-hydrogen) atoms. The molecule has 0 amide bonds. The van der Waals surface area contributed by atoms with Crippen LogP contribution in [0, 0.1) is 0 Å². The van der Waals surface area contributed by atoms with E-state index in [-0.39, 0.29) is 0 Å². The van der Waals surface area contributed by atoms with Gasteiger partial charge in [0.15, 0.2) is 6.29 Å². The number of aldehydes is 1. The molecule has 1 aliphatic heterocycles. The number of thiophene rings is 1. The lowest BCUT2D eigenvalue weighted by Gasteiger charge is -2.12. The average molecular weight is 210 g/mol. The van der Waals surface area contributed by atoms with E-state index in [1.807, 2.05) is 0 Å². The zero-order valence-electron chi connectivity index (χ0n) is 8.25. The average Bonchev–Trinajstić information content (AvgIpc) is 2.36. The predicted octanol–water partition coefficient (Wildman–Crippen LogP) is 1.52. The quantitative estimate of drug-likeness (QED) is 0.715. The molecule has 0 atom stereocenters. The van der Waals surface area contributed by atoms with Crippen LogP contribution in [-0.2, 0) is 13.0 Å². The number of rotatable bonds is 1. The van der Waals surface area contributed by atoms with Crippen LogP contribution in [0.3, 0.4) is 0 Å². The number of anilines is 1. The zero-order valence-corrected chi connectivity index (χ0v) is 9.06. The van der Waals surface area contributed by atoms with Crippen molar-refractivity contribution in [1.82, 2.24) is 4.90 Å². The molecule has 2 rings (SSSR count). The lowest BCUT2D eigenvalue weighted by molar-refractivity contribution is 0.112. The first-order valence-corrected chi connectivity index (χ1v) is 5.57. The van der Waals surface area contributed by atoms with Crippen molar-refractivity contribution in [2.45, 2.75) is 19.4 Å². The minimum absolute atomic E-state index is 0.811. The van der Waals surface area contributed by atoms with Gasteiger partial charge in [-0.1, -0.05) is 0 Å². The van der Waals surface area contributed by atoms with E-state index in [9.17, 15) is 4.79 Å². The van der Waals surface area contributed by atoms with Crippen molar-refractivity contribution in [3.63, 3.8) is 0 Å². The van der Waals surface area contributed by atoms with Crippen molar-refractivity contribution in [2.75, 3.05) is 19.3 Å². The Balaban J connectivity index is 2.46. The monoisotopic (exact) mass is 210 g/mol. The van der Waals surface area contributed by atoms with Crippen molar-refractivity contribution in [1.29, 1.82) is 0 Å². The summed E-state index contributed by atoms with van der Waals surface area (Å²) >= 11 is 1.42. The van der Waals surface area contributed by atoms with Crippen molar-refractivity contribution in [2.24, 2.45) is 0 Å². The fourth-order valence-corrected chi connectivity index (χ4v) is 2.90. The van der Waals surface area contributed by atoms with Crippen LogP contribution in [0.4, 0.5) is 5.00 Å². The van der Waals surface area contributed by atoms with Gasteiger partial charge in [-0.15, -0.1) is 11.3 Å². The molecule has 2 heterocycles. The van der Waals surface area contributed by atoms with Crippen LogP contribution >= 0.6 is 11.3 Å². The van der Waals surface area contributed by atoms with Crippen LogP contribution in [0.1, 0.15) is 27.2 Å². The molecule has 0 fully saturated rings. The van der Waals surface area contributed by atoms with Gasteiger partial charge < -0.3 is 10.6 Å². The summed E-state index contributed by atoms with van der Waals surface area (Å²) in [5.74, 6) is 0. The van der Waals surface area contributed by atoms with E-state index in [4.69, 9.17) is 5.73 Å². The van der Waals surface area contributed by atoms with Gasteiger partial charge in [-0.05, 0) is 37.6 Å². The van der Waals surface area contributed by atoms with Crippen LogP contribution in [-0.4, -0.2) is 24.8 Å². The fourth-order valence-electron chi connectivity index (χ4n) is 1.96. The van der Waals surface area contributed by atoms with Gasteiger partial charge in [-0.25, -0.2) is 0 Å². The Hall–Kier alpha value is -0.870. The highest BCUT2D eigenvalue weighted by molar-refractivity contribution is 7.17. The molecule has 0 saturated carbocycles. The summed E-state index contributed by atoms with van der Waals surface area (Å²) in [6, 6.07) is 0. The topological polar surface area (TPSA) is 46.3 Å². The minimum atomic E-state index is 0.811. The predicted molar refractivity (Wildman–Crippen MR) is 58.8 cm³/mol. The maximum Gasteiger partial charge on any atom is 0.160 e. The zero-order chi connectivity index (χ0) is 10.1. The van der Waals surface area contributed by atoms with Crippen LogP contribution in [0.25, 0.3) is 0 Å². The number of nitrogens with two attached hydrogens (primary N) is 1. The Morgan fingerprint density at radius 3 is 3.00 bits per heavy atom. The van der Waals surface area contributed by atoms with Gasteiger partial charge in [0.25, 0.3) is 0 Å². The van der Waals surface area contributed by atoms with E-state index < -0.39 is 0 Å². The molecular weight excluding hydrogens is 196 g/mol. The highest BCUT2D eigenvalue weighted by atomic mass is 32.1. The first-order valence-electron chi connectivity index (χ1n) is 4.76. The second-order valence-corrected chi connectivity index (χ2v) is 4.83. The summed E-state index contributed by atoms with van der Waals surface area (Å²) in [5, 5.41) is 0.831. The van der Waals surface area contributed by atoms with E-state index in [1.54, 1.807) is 0 Å². The van der Waals surface area contributed by atoms with Gasteiger partial charge in [0.2, 0.25) is 0 Å². The third-order valence-electron chi connectivity index (χ3n) is 2.68. The maximum atomic E-state index is 10.8. The summed E-state index contributed by atoms with van der Waals surface area (Å²) < 4.78 is 0. The molecule has 1 aromatic rings. The van der Waals surface area contributed by atoms with Crippen molar-refractivity contribution < 1.29 is 4.79 Å². The van der Waals surface area contributed by atoms with E-state index in [0.717, 1.165) is 47.7 Å². The summed E-state index contributed by atoms with van der Waals surface area (Å²) in [6.07, 6.45) is 3.07. The standard InChI is InChI=1S/C10H14N2OS/c1-12-4-2-3-7-8(5-12)9(6-13)14-10(7)11/h6H,2-5,11H2,1H3. The number of carbonyl (C=O) groups excluding carboxylic acids is 1. The number of fused-ring (bicyclic) bond motifs is 1. The molecule has 0 aliphatic carbocycles. The van der Waals surface area contributed by atoms with Gasteiger partial charge in [-0.3, -0.25) is 4.79 Å². The first-order chi connectivity index (χ1) is 6.72.